The Morgan fingerprint density at radius 1 is 1.00 bits per heavy atom. The summed E-state index contributed by atoms with van der Waals surface area (Å²) >= 11 is 0. The van der Waals surface area contributed by atoms with Crippen LogP contribution in [0.2, 0.25) is 0 Å². The van der Waals surface area contributed by atoms with Crippen molar-refractivity contribution in [2.24, 2.45) is 0 Å². The van der Waals surface area contributed by atoms with Gasteiger partial charge < -0.3 is 13.9 Å². The fourth-order valence-corrected chi connectivity index (χ4v) is 2.69. The van der Waals surface area contributed by atoms with E-state index in [2.05, 4.69) is 0 Å². The third-order valence-corrected chi connectivity index (χ3v) is 3.47. The van der Waals surface area contributed by atoms with Gasteiger partial charge in [0.2, 0.25) is 0 Å². The van der Waals surface area contributed by atoms with Crippen molar-refractivity contribution in [2.75, 3.05) is 13.4 Å². The number of hydrogen-bond donors (Lipinski definition) is 0. The minimum atomic E-state index is -0.387. The molecule has 0 aliphatic heterocycles. The van der Waals surface area contributed by atoms with Crippen LogP contribution in [0.5, 0.6) is 5.75 Å². The topological polar surface area (TPSA) is 48.7 Å². The minimum absolute atomic E-state index is 0.107. The van der Waals surface area contributed by atoms with Crippen LogP contribution < -0.4 is 10.4 Å². The Labute approximate surface area is 130 Å². The second kappa shape index (κ2) is 6.79. The normalized spacial score (nSPS) is 10.8. The maximum absolute atomic E-state index is 12.4. The largest absolute Gasteiger partial charge is 0.466 e. The molecule has 0 unspecified atom stereocenters. The summed E-state index contributed by atoms with van der Waals surface area (Å²) in [7, 11) is 0. The molecule has 2 rings (SSSR count). The van der Waals surface area contributed by atoms with Gasteiger partial charge in [-0.25, -0.2) is 4.79 Å². The number of rotatable bonds is 5. The number of hydrogen-bond acceptors (Lipinski definition) is 4. The number of benzene rings is 1. The van der Waals surface area contributed by atoms with Gasteiger partial charge in [0, 0.05) is 12.7 Å². The Bertz CT molecular complexity index is 705. The van der Waals surface area contributed by atoms with Gasteiger partial charge in [-0.3, -0.25) is 0 Å². The molecule has 4 nitrogen and oxygen atoms in total. The van der Waals surface area contributed by atoms with E-state index >= 15 is 0 Å². The van der Waals surface area contributed by atoms with Crippen molar-refractivity contribution >= 4 is 0 Å². The molecule has 0 spiro atoms. The number of ether oxygens (including phenoxy) is 2. The molecule has 118 valence electrons. The SMILES string of the molecule is CCOCOc1cc(C)oc(=O)c1-c1c(C)cc(C)cc1C. The summed E-state index contributed by atoms with van der Waals surface area (Å²) in [6.07, 6.45) is 0. The molecule has 22 heavy (non-hydrogen) atoms. The Morgan fingerprint density at radius 3 is 2.23 bits per heavy atom. The van der Waals surface area contributed by atoms with Crippen LogP contribution in [0.3, 0.4) is 0 Å². The van der Waals surface area contributed by atoms with E-state index in [-0.39, 0.29) is 12.4 Å². The average molecular weight is 302 g/mol. The number of aryl methyl sites for hydroxylation is 4. The lowest BCUT2D eigenvalue weighted by Crippen LogP contribution is -2.11. The second-order valence-corrected chi connectivity index (χ2v) is 5.41. The van der Waals surface area contributed by atoms with Crippen LogP contribution in [0.15, 0.2) is 27.4 Å². The Morgan fingerprint density at radius 2 is 1.64 bits per heavy atom. The van der Waals surface area contributed by atoms with Crippen molar-refractivity contribution in [1.82, 2.24) is 0 Å². The lowest BCUT2D eigenvalue weighted by Gasteiger charge is -2.15. The molecule has 1 aromatic carbocycles. The molecule has 0 fully saturated rings. The van der Waals surface area contributed by atoms with Crippen molar-refractivity contribution in [3.8, 4) is 16.9 Å². The van der Waals surface area contributed by atoms with Crippen molar-refractivity contribution < 1.29 is 13.9 Å². The van der Waals surface area contributed by atoms with Crippen LogP contribution in [-0.2, 0) is 4.74 Å². The molecule has 0 aliphatic rings. The predicted octanol–water partition coefficient (Wildman–Crippen LogP) is 3.91. The molecule has 0 bridgehead atoms. The van der Waals surface area contributed by atoms with E-state index in [1.165, 1.54) is 0 Å². The van der Waals surface area contributed by atoms with E-state index in [1.54, 1.807) is 13.0 Å². The van der Waals surface area contributed by atoms with E-state index < -0.39 is 0 Å². The lowest BCUT2D eigenvalue weighted by molar-refractivity contribution is 0.0223. The van der Waals surface area contributed by atoms with Crippen molar-refractivity contribution in [3.63, 3.8) is 0 Å². The minimum Gasteiger partial charge on any atom is -0.466 e. The van der Waals surface area contributed by atoms with Gasteiger partial charge in [-0.1, -0.05) is 17.7 Å². The van der Waals surface area contributed by atoms with Gasteiger partial charge in [-0.05, 0) is 51.3 Å². The highest BCUT2D eigenvalue weighted by Crippen LogP contribution is 2.33. The summed E-state index contributed by atoms with van der Waals surface area (Å²) in [6, 6.07) is 5.83. The molecule has 0 amide bonds. The molecule has 4 heteroatoms. The third kappa shape index (κ3) is 3.39. The zero-order valence-electron chi connectivity index (χ0n) is 13.8. The van der Waals surface area contributed by atoms with E-state index in [0.717, 1.165) is 22.3 Å². The van der Waals surface area contributed by atoms with Gasteiger partial charge in [0.15, 0.2) is 6.79 Å². The van der Waals surface area contributed by atoms with E-state index in [9.17, 15) is 4.79 Å². The zero-order chi connectivity index (χ0) is 16.3. The first kappa shape index (κ1) is 16.3. The average Bonchev–Trinajstić information content (AvgIpc) is 2.40. The summed E-state index contributed by atoms with van der Waals surface area (Å²) in [6.45, 7) is 10.3. The maximum atomic E-state index is 12.4. The van der Waals surface area contributed by atoms with E-state index in [4.69, 9.17) is 13.9 Å². The van der Waals surface area contributed by atoms with Crippen molar-refractivity contribution in [3.05, 3.63) is 51.1 Å². The van der Waals surface area contributed by atoms with Crippen LogP contribution >= 0.6 is 0 Å². The second-order valence-electron chi connectivity index (χ2n) is 5.41. The van der Waals surface area contributed by atoms with E-state index in [1.807, 2.05) is 39.8 Å². The molecule has 1 heterocycles. The molecule has 1 aromatic heterocycles. The fourth-order valence-electron chi connectivity index (χ4n) is 2.69. The van der Waals surface area contributed by atoms with E-state index in [0.29, 0.717) is 23.7 Å². The molecule has 0 N–H and O–H groups in total. The summed E-state index contributed by atoms with van der Waals surface area (Å²) in [4.78, 5) is 12.4. The lowest BCUT2D eigenvalue weighted by atomic mass is 9.94. The van der Waals surface area contributed by atoms with Crippen LogP contribution in [0.1, 0.15) is 29.4 Å². The highest BCUT2D eigenvalue weighted by atomic mass is 16.7. The summed E-state index contributed by atoms with van der Waals surface area (Å²) in [5.41, 5.74) is 4.14. The maximum Gasteiger partial charge on any atom is 0.347 e. The van der Waals surface area contributed by atoms with Gasteiger partial charge in [0.05, 0.1) is 0 Å². The van der Waals surface area contributed by atoms with Crippen molar-refractivity contribution in [1.29, 1.82) is 0 Å². The van der Waals surface area contributed by atoms with Crippen molar-refractivity contribution in [2.45, 2.75) is 34.6 Å². The van der Waals surface area contributed by atoms with Gasteiger partial charge in [0.25, 0.3) is 0 Å². The first-order valence-corrected chi connectivity index (χ1v) is 7.37. The molecular formula is C18H22O4. The van der Waals surface area contributed by atoms with Crippen LogP contribution in [0.25, 0.3) is 11.1 Å². The highest BCUT2D eigenvalue weighted by molar-refractivity contribution is 5.75. The smallest absolute Gasteiger partial charge is 0.347 e. The Balaban J connectivity index is 2.62. The van der Waals surface area contributed by atoms with Gasteiger partial charge >= 0.3 is 5.63 Å². The molecule has 2 aromatic rings. The summed E-state index contributed by atoms with van der Waals surface area (Å²) in [5.74, 6) is 1.01. The predicted molar refractivity (Wildman–Crippen MR) is 86.5 cm³/mol. The summed E-state index contributed by atoms with van der Waals surface area (Å²) < 4.78 is 16.2. The summed E-state index contributed by atoms with van der Waals surface area (Å²) in [5, 5.41) is 0. The first-order valence-electron chi connectivity index (χ1n) is 7.37. The molecule has 0 saturated carbocycles. The molecule has 0 radical (unpaired) electrons. The first-order chi connectivity index (χ1) is 10.4. The quantitative estimate of drug-likeness (QED) is 0.620. The molecule has 0 atom stereocenters. The third-order valence-electron chi connectivity index (χ3n) is 3.47. The van der Waals surface area contributed by atoms with Crippen LogP contribution in [0.4, 0.5) is 0 Å². The van der Waals surface area contributed by atoms with Crippen LogP contribution in [0, 0.1) is 27.7 Å². The molecule has 0 saturated heterocycles. The Hall–Kier alpha value is -2.07. The molecular weight excluding hydrogens is 280 g/mol. The highest BCUT2D eigenvalue weighted by Gasteiger charge is 2.18. The van der Waals surface area contributed by atoms with Gasteiger partial charge in [0.1, 0.15) is 17.1 Å². The molecule has 0 aliphatic carbocycles. The van der Waals surface area contributed by atoms with Gasteiger partial charge in [-0.2, -0.15) is 0 Å². The Kier molecular flexibility index (Phi) is 5.03. The fraction of sp³-hybridized carbons (Fsp3) is 0.389. The monoisotopic (exact) mass is 302 g/mol. The zero-order valence-corrected chi connectivity index (χ0v) is 13.8. The van der Waals surface area contributed by atoms with Crippen LogP contribution in [-0.4, -0.2) is 13.4 Å². The van der Waals surface area contributed by atoms with Gasteiger partial charge in [-0.15, -0.1) is 0 Å². The standard InChI is InChI=1S/C18H22O4/c1-6-20-10-21-15-9-14(5)22-18(19)17(15)16-12(3)7-11(2)8-13(16)4/h7-9H,6,10H2,1-5H3.